The predicted octanol–water partition coefficient (Wildman–Crippen LogP) is 2.10. The zero-order valence-electron chi connectivity index (χ0n) is 12.5. The molecule has 0 aliphatic heterocycles. The Bertz CT molecular complexity index is 751. The number of carbonyl (C=O) groups excluding carboxylic acids is 1. The van der Waals surface area contributed by atoms with Crippen molar-refractivity contribution < 1.29 is 14.3 Å². The van der Waals surface area contributed by atoms with E-state index >= 15 is 0 Å². The van der Waals surface area contributed by atoms with Crippen molar-refractivity contribution in [3.05, 3.63) is 59.7 Å². The summed E-state index contributed by atoms with van der Waals surface area (Å²) >= 11 is 0. The van der Waals surface area contributed by atoms with Crippen LogP contribution in [0, 0.1) is 11.3 Å². The van der Waals surface area contributed by atoms with Crippen LogP contribution in [0.25, 0.3) is 0 Å². The minimum absolute atomic E-state index is 0.228. The van der Waals surface area contributed by atoms with Crippen LogP contribution in [0.1, 0.15) is 11.1 Å². The maximum atomic E-state index is 11.7. The monoisotopic (exact) mass is 309 g/mol. The number of ether oxygens (including phenoxy) is 2. The van der Waals surface area contributed by atoms with Gasteiger partial charge in [0, 0.05) is 0 Å². The van der Waals surface area contributed by atoms with Gasteiger partial charge < -0.3 is 9.47 Å². The van der Waals surface area contributed by atoms with E-state index in [1.807, 2.05) is 24.3 Å². The number of nitrogens with one attached hydrogen (secondary N) is 1. The molecule has 1 amide bonds. The molecule has 0 saturated carbocycles. The summed E-state index contributed by atoms with van der Waals surface area (Å²) in [5.41, 5.74) is 3.53. The minimum atomic E-state index is -0.420. The van der Waals surface area contributed by atoms with E-state index in [4.69, 9.17) is 14.7 Å². The van der Waals surface area contributed by atoms with Crippen molar-refractivity contribution in [1.82, 2.24) is 5.43 Å². The first-order valence-corrected chi connectivity index (χ1v) is 6.81. The van der Waals surface area contributed by atoms with Crippen molar-refractivity contribution in [1.29, 1.82) is 5.26 Å². The molecule has 0 atom stereocenters. The second-order valence-electron chi connectivity index (χ2n) is 4.47. The molecule has 1 N–H and O–H groups in total. The van der Waals surface area contributed by atoms with Crippen LogP contribution in [0.2, 0.25) is 0 Å². The molecule has 0 aromatic heterocycles. The van der Waals surface area contributed by atoms with Crippen LogP contribution in [-0.2, 0) is 4.79 Å². The van der Waals surface area contributed by atoms with Crippen molar-refractivity contribution in [2.24, 2.45) is 5.10 Å². The van der Waals surface area contributed by atoms with Crippen molar-refractivity contribution in [2.75, 3.05) is 13.7 Å². The molecular formula is C17H15N3O3. The standard InChI is InChI=1S/C17H15N3O3/c1-22-15-7-4-5-13(9-15)11-19-20-17(21)12-23-16-8-3-2-6-14(16)10-18/h2-9,11H,12H2,1H3,(H,20,21)/b19-11-. The van der Waals surface area contributed by atoms with Crippen LogP contribution in [0.5, 0.6) is 11.5 Å². The Morgan fingerprint density at radius 1 is 1.30 bits per heavy atom. The molecule has 0 aliphatic carbocycles. The summed E-state index contributed by atoms with van der Waals surface area (Å²) in [4.78, 5) is 11.7. The number of para-hydroxylation sites is 1. The van der Waals surface area contributed by atoms with Crippen molar-refractivity contribution in [3.8, 4) is 17.6 Å². The fraction of sp³-hybridized carbons (Fsp3) is 0.118. The maximum absolute atomic E-state index is 11.7. The van der Waals surface area contributed by atoms with Gasteiger partial charge in [0.05, 0.1) is 18.9 Å². The van der Waals surface area contributed by atoms with Gasteiger partial charge in [0.25, 0.3) is 5.91 Å². The van der Waals surface area contributed by atoms with E-state index in [0.717, 1.165) is 5.56 Å². The first kappa shape index (κ1) is 16.0. The minimum Gasteiger partial charge on any atom is -0.497 e. The number of rotatable bonds is 6. The number of amides is 1. The van der Waals surface area contributed by atoms with Crippen molar-refractivity contribution in [3.63, 3.8) is 0 Å². The smallest absolute Gasteiger partial charge is 0.277 e. The summed E-state index contributed by atoms with van der Waals surface area (Å²) in [5.74, 6) is 0.649. The Hall–Kier alpha value is -3.33. The first-order valence-electron chi connectivity index (χ1n) is 6.81. The molecule has 2 aromatic carbocycles. The highest BCUT2D eigenvalue weighted by atomic mass is 16.5. The predicted molar refractivity (Wildman–Crippen MR) is 85.4 cm³/mol. The fourth-order valence-electron chi connectivity index (χ4n) is 1.76. The van der Waals surface area contributed by atoms with Gasteiger partial charge in [-0.3, -0.25) is 4.79 Å². The van der Waals surface area contributed by atoms with E-state index in [2.05, 4.69) is 10.5 Å². The summed E-state index contributed by atoms with van der Waals surface area (Å²) < 4.78 is 10.4. The number of nitrogens with zero attached hydrogens (tertiary/aromatic N) is 2. The third kappa shape index (κ3) is 4.86. The number of benzene rings is 2. The van der Waals surface area contributed by atoms with Crippen LogP contribution in [0.4, 0.5) is 0 Å². The highest BCUT2D eigenvalue weighted by molar-refractivity contribution is 5.83. The summed E-state index contributed by atoms with van der Waals surface area (Å²) in [7, 11) is 1.58. The Morgan fingerprint density at radius 3 is 2.91 bits per heavy atom. The molecule has 6 nitrogen and oxygen atoms in total. The van der Waals surface area contributed by atoms with Gasteiger partial charge in [0.1, 0.15) is 17.6 Å². The zero-order chi connectivity index (χ0) is 16.5. The number of methoxy groups -OCH3 is 1. The SMILES string of the molecule is COc1cccc(/C=N\NC(=O)COc2ccccc2C#N)c1. The maximum Gasteiger partial charge on any atom is 0.277 e. The van der Waals surface area contributed by atoms with Crippen LogP contribution in [0.3, 0.4) is 0 Å². The number of hydrogen-bond acceptors (Lipinski definition) is 5. The van der Waals surface area contributed by atoms with E-state index < -0.39 is 5.91 Å². The third-order valence-electron chi connectivity index (χ3n) is 2.86. The Labute approximate surface area is 134 Å². The Kier molecular flexibility index (Phi) is 5.72. The van der Waals surface area contributed by atoms with Gasteiger partial charge in [-0.05, 0) is 29.8 Å². The lowest BCUT2D eigenvalue weighted by Crippen LogP contribution is -2.24. The molecule has 2 aromatic rings. The highest BCUT2D eigenvalue weighted by Gasteiger charge is 2.05. The fourth-order valence-corrected chi connectivity index (χ4v) is 1.76. The van der Waals surface area contributed by atoms with E-state index in [-0.39, 0.29) is 6.61 Å². The average Bonchev–Trinajstić information content (AvgIpc) is 2.60. The van der Waals surface area contributed by atoms with Gasteiger partial charge in [0.15, 0.2) is 6.61 Å². The third-order valence-corrected chi connectivity index (χ3v) is 2.86. The topological polar surface area (TPSA) is 83.7 Å². The molecule has 0 radical (unpaired) electrons. The molecule has 0 unspecified atom stereocenters. The summed E-state index contributed by atoms with van der Waals surface area (Å²) in [6.45, 7) is -0.228. The van der Waals surface area contributed by atoms with Crippen molar-refractivity contribution in [2.45, 2.75) is 0 Å². The number of carbonyl (C=O) groups is 1. The lowest BCUT2D eigenvalue weighted by molar-refractivity contribution is -0.123. The molecule has 0 heterocycles. The second kappa shape index (κ2) is 8.20. The highest BCUT2D eigenvalue weighted by Crippen LogP contribution is 2.16. The summed E-state index contributed by atoms with van der Waals surface area (Å²) in [5, 5.41) is 12.8. The Morgan fingerprint density at radius 2 is 2.13 bits per heavy atom. The summed E-state index contributed by atoms with van der Waals surface area (Å²) in [6, 6.07) is 16.0. The zero-order valence-corrected chi connectivity index (χ0v) is 12.5. The van der Waals surface area contributed by atoms with Gasteiger partial charge in [0.2, 0.25) is 0 Å². The van der Waals surface area contributed by atoms with E-state index in [1.54, 1.807) is 37.4 Å². The van der Waals surface area contributed by atoms with Crippen molar-refractivity contribution >= 4 is 12.1 Å². The van der Waals surface area contributed by atoms with Crippen LogP contribution < -0.4 is 14.9 Å². The molecule has 0 saturated heterocycles. The lowest BCUT2D eigenvalue weighted by atomic mass is 10.2. The molecule has 6 heteroatoms. The van der Waals surface area contributed by atoms with Crippen LogP contribution in [0.15, 0.2) is 53.6 Å². The molecule has 0 fully saturated rings. The average molecular weight is 309 g/mol. The lowest BCUT2D eigenvalue weighted by Gasteiger charge is -2.06. The second-order valence-corrected chi connectivity index (χ2v) is 4.47. The molecule has 23 heavy (non-hydrogen) atoms. The molecule has 0 spiro atoms. The first-order chi connectivity index (χ1) is 11.2. The summed E-state index contributed by atoms with van der Waals surface area (Å²) in [6.07, 6.45) is 1.50. The van der Waals surface area contributed by atoms with Gasteiger partial charge in [-0.2, -0.15) is 10.4 Å². The van der Waals surface area contributed by atoms with Gasteiger partial charge in [-0.1, -0.05) is 24.3 Å². The van der Waals surface area contributed by atoms with Gasteiger partial charge in [-0.15, -0.1) is 0 Å². The van der Waals surface area contributed by atoms with Gasteiger partial charge in [-0.25, -0.2) is 5.43 Å². The number of nitriles is 1. The number of hydrazone groups is 1. The van der Waals surface area contributed by atoms with E-state index in [1.165, 1.54) is 6.21 Å². The molecular weight excluding hydrogens is 294 g/mol. The van der Waals surface area contributed by atoms with Gasteiger partial charge >= 0.3 is 0 Å². The molecule has 0 bridgehead atoms. The largest absolute Gasteiger partial charge is 0.497 e. The number of hydrogen-bond donors (Lipinski definition) is 1. The Balaban J connectivity index is 1.85. The molecule has 0 aliphatic rings. The molecule has 2 rings (SSSR count). The normalized spacial score (nSPS) is 10.1. The van der Waals surface area contributed by atoms with E-state index in [9.17, 15) is 4.79 Å². The quantitative estimate of drug-likeness (QED) is 0.654. The molecule has 116 valence electrons. The van der Waals surface area contributed by atoms with E-state index in [0.29, 0.717) is 17.1 Å². The van der Waals surface area contributed by atoms with Crippen LogP contribution >= 0.6 is 0 Å². The van der Waals surface area contributed by atoms with Crippen LogP contribution in [-0.4, -0.2) is 25.8 Å².